The Morgan fingerprint density at radius 2 is 0.759 bits per heavy atom. The van der Waals surface area contributed by atoms with Crippen LogP contribution in [0.15, 0.2) is 217 Å². The average Bonchev–Trinajstić information content (AvgIpc) is 3.64. The van der Waals surface area contributed by atoms with Gasteiger partial charge in [0.1, 0.15) is 11.2 Å². The number of rotatable bonds is 7. The van der Waals surface area contributed by atoms with Gasteiger partial charge in [-0.2, -0.15) is 0 Å². The first-order chi connectivity index (χ1) is 26.8. The van der Waals surface area contributed by atoms with Crippen molar-refractivity contribution in [3.05, 3.63) is 212 Å². The maximum atomic E-state index is 6.49. The Labute approximate surface area is 314 Å². The highest BCUT2D eigenvalue weighted by molar-refractivity contribution is 6.17. The van der Waals surface area contributed by atoms with Gasteiger partial charge in [0.25, 0.3) is 0 Å². The summed E-state index contributed by atoms with van der Waals surface area (Å²) in [4.78, 5) is 2.38. The lowest BCUT2D eigenvalue weighted by Gasteiger charge is -2.28. The molecule has 1 aromatic heterocycles. The molecule has 0 radical (unpaired) electrons. The van der Waals surface area contributed by atoms with Crippen LogP contribution in [0.4, 0.5) is 17.1 Å². The van der Waals surface area contributed by atoms with Gasteiger partial charge in [0, 0.05) is 33.1 Å². The number of furan rings is 1. The molecule has 54 heavy (non-hydrogen) atoms. The van der Waals surface area contributed by atoms with Crippen LogP contribution >= 0.6 is 0 Å². The lowest BCUT2D eigenvalue weighted by molar-refractivity contribution is 0.672. The summed E-state index contributed by atoms with van der Waals surface area (Å²) >= 11 is 0. The predicted molar refractivity (Wildman–Crippen MR) is 228 cm³/mol. The molecule has 0 aliphatic carbocycles. The van der Waals surface area contributed by atoms with E-state index in [9.17, 15) is 0 Å². The van der Waals surface area contributed by atoms with Crippen molar-refractivity contribution in [3.63, 3.8) is 0 Å². The van der Waals surface area contributed by atoms with Crippen LogP contribution < -0.4 is 4.90 Å². The second kappa shape index (κ2) is 13.4. The quantitative estimate of drug-likeness (QED) is 0.166. The largest absolute Gasteiger partial charge is 0.455 e. The molecule has 0 N–H and O–H groups in total. The van der Waals surface area contributed by atoms with Gasteiger partial charge in [0.05, 0.1) is 5.69 Å². The minimum absolute atomic E-state index is 0.908. The van der Waals surface area contributed by atoms with Crippen LogP contribution in [-0.2, 0) is 0 Å². The number of hydrogen-bond donors (Lipinski definition) is 0. The van der Waals surface area contributed by atoms with Crippen LogP contribution in [0, 0.1) is 0 Å². The minimum atomic E-state index is 0.908. The van der Waals surface area contributed by atoms with E-state index in [1.807, 2.05) is 12.1 Å². The Kier molecular flexibility index (Phi) is 7.85. The molecule has 0 aliphatic rings. The van der Waals surface area contributed by atoms with Gasteiger partial charge in [0.15, 0.2) is 0 Å². The van der Waals surface area contributed by atoms with Gasteiger partial charge in [0.2, 0.25) is 0 Å². The fourth-order valence-corrected chi connectivity index (χ4v) is 7.84. The van der Waals surface area contributed by atoms with Gasteiger partial charge < -0.3 is 9.32 Å². The summed E-state index contributed by atoms with van der Waals surface area (Å²) in [5.41, 5.74) is 14.6. The number of nitrogens with zero attached hydrogens (tertiary/aromatic N) is 1. The topological polar surface area (TPSA) is 16.4 Å². The molecule has 2 heteroatoms. The molecule has 10 aromatic rings. The lowest BCUT2D eigenvalue weighted by Crippen LogP contribution is -2.11. The normalized spacial score (nSPS) is 11.3. The van der Waals surface area contributed by atoms with Crippen LogP contribution in [-0.4, -0.2) is 0 Å². The molecule has 0 fully saturated rings. The van der Waals surface area contributed by atoms with Gasteiger partial charge in [-0.1, -0.05) is 164 Å². The third-order valence-corrected chi connectivity index (χ3v) is 10.5. The van der Waals surface area contributed by atoms with Crippen molar-refractivity contribution in [3.8, 4) is 44.5 Å². The highest BCUT2D eigenvalue weighted by atomic mass is 16.3. The van der Waals surface area contributed by atoms with Crippen molar-refractivity contribution in [1.82, 2.24) is 0 Å². The fourth-order valence-electron chi connectivity index (χ4n) is 7.84. The highest BCUT2D eigenvalue weighted by Crippen LogP contribution is 2.45. The van der Waals surface area contributed by atoms with E-state index in [0.29, 0.717) is 0 Å². The molecule has 0 aliphatic heterocycles. The van der Waals surface area contributed by atoms with E-state index in [1.165, 1.54) is 33.4 Å². The summed E-state index contributed by atoms with van der Waals surface area (Å²) in [6.07, 6.45) is 0. The van der Waals surface area contributed by atoms with Crippen LogP contribution in [0.2, 0.25) is 0 Å². The molecule has 2 nitrogen and oxygen atoms in total. The zero-order valence-electron chi connectivity index (χ0n) is 29.6. The molecule has 0 unspecified atom stereocenters. The maximum Gasteiger partial charge on any atom is 0.143 e. The van der Waals surface area contributed by atoms with Crippen molar-refractivity contribution in [1.29, 1.82) is 0 Å². The van der Waals surface area contributed by atoms with Crippen molar-refractivity contribution >= 4 is 49.8 Å². The van der Waals surface area contributed by atoms with Crippen molar-refractivity contribution in [2.75, 3.05) is 4.90 Å². The van der Waals surface area contributed by atoms with E-state index in [1.54, 1.807) is 0 Å². The molecule has 0 saturated carbocycles. The zero-order valence-corrected chi connectivity index (χ0v) is 29.6. The first-order valence-corrected chi connectivity index (χ1v) is 18.4. The molecule has 1 heterocycles. The van der Waals surface area contributed by atoms with E-state index < -0.39 is 0 Å². The van der Waals surface area contributed by atoms with E-state index >= 15 is 0 Å². The number of fused-ring (bicyclic) bond motifs is 5. The summed E-state index contributed by atoms with van der Waals surface area (Å²) in [7, 11) is 0. The Bertz CT molecular complexity index is 2910. The third-order valence-electron chi connectivity index (χ3n) is 10.5. The molecular formula is C52H35NO. The van der Waals surface area contributed by atoms with E-state index in [-0.39, 0.29) is 0 Å². The summed E-state index contributed by atoms with van der Waals surface area (Å²) in [6, 6.07) is 75.8. The Balaban J connectivity index is 1.11. The molecule has 0 saturated heterocycles. The monoisotopic (exact) mass is 689 g/mol. The molecule has 0 amide bonds. The van der Waals surface area contributed by atoms with Crippen molar-refractivity contribution < 1.29 is 4.42 Å². The van der Waals surface area contributed by atoms with Crippen LogP contribution in [0.25, 0.3) is 77.2 Å². The van der Waals surface area contributed by atoms with Crippen LogP contribution in [0.1, 0.15) is 0 Å². The van der Waals surface area contributed by atoms with Gasteiger partial charge in [-0.25, -0.2) is 0 Å². The SMILES string of the molecule is c1ccc(-c2ccc(N(c3ccc(-c4cccc(-c5ccccc5)c4)cc3)c3ccccc3-c3cccc4c3ccc3c5ccccc5oc43)cc2)cc1. The van der Waals surface area contributed by atoms with Crippen LogP contribution in [0.3, 0.4) is 0 Å². The second-order valence-electron chi connectivity index (χ2n) is 13.7. The van der Waals surface area contributed by atoms with Crippen molar-refractivity contribution in [2.45, 2.75) is 0 Å². The van der Waals surface area contributed by atoms with Gasteiger partial charge in [-0.3, -0.25) is 0 Å². The van der Waals surface area contributed by atoms with E-state index in [0.717, 1.165) is 60.9 Å². The first kappa shape index (κ1) is 31.6. The first-order valence-electron chi connectivity index (χ1n) is 18.4. The standard InChI is InChI=1S/C52H35NO/c1-3-13-36(14-4-1)38-25-29-42(30-26-38)53(43-31-27-39(28-32-43)41-18-11-17-40(35-41)37-15-5-2-6-16-37)50-23-9-7-19-46(50)44-21-12-22-48-45(44)33-34-49-47-20-8-10-24-51(47)54-52(48)49/h1-35H. The number of benzene rings is 9. The summed E-state index contributed by atoms with van der Waals surface area (Å²) in [5, 5.41) is 4.54. The Morgan fingerprint density at radius 3 is 1.46 bits per heavy atom. The molecule has 254 valence electrons. The van der Waals surface area contributed by atoms with Gasteiger partial charge >= 0.3 is 0 Å². The van der Waals surface area contributed by atoms with E-state index in [2.05, 4.69) is 205 Å². The molecule has 10 rings (SSSR count). The molecule has 0 bridgehead atoms. The third kappa shape index (κ3) is 5.62. The molecular weight excluding hydrogens is 655 g/mol. The zero-order chi connectivity index (χ0) is 35.8. The number of hydrogen-bond acceptors (Lipinski definition) is 2. The Hall–Kier alpha value is -7.16. The van der Waals surface area contributed by atoms with Crippen LogP contribution in [0.5, 0.6) is 0 Å². The summed E-state index contributed by atoms with van der Waals surface area (Å²) in [5.74, 6) is 0. The fraction of sp³-hybridized carbons (Fsp3) is 0. The lowest BCUT2D eigenvalue weighted by atomic mass is 9.94. The molecule has 0 atom stereocenters. The highest BCUT2D eigenvalue weighted by Gasteiger charge is 2.20. The summed E-state index contributed by atoms with van der Waals surface area (Å²) in [6.45, 7) is 0. The van der Waals surface area contributed by atoms with Crippen molar-refractivity contribution in [2.24, 2.45) is 0 Å². The van der Waals surface area contributed by atoms with Gasteiger partial charge in [-0.05, 0) is 92.9 Å². The predicted octanol–water partition coefficient (Wildman–Crippen LogP) is 14.9. The second-order valence-corrected chi connectivity index (χ2v) is 13.7. The average molecular weight is 690 g/mol. The smallest absolute Gasteiger partial charge is 0.143 e. The molecule has 9 aromatic carbocycles. The minimum Gasteiger partial charge on any atom is -0.455 e. The maximum absolute atomic E-state index is 6.49. The van der Waals surface area contributed by atoms with Gasteiger partial charge in [-0.15, -0.1) is 0 Å². The Morgan fingerprint density at radius 1 is 0.296 bits per heavy atom. The number of anilines is 3. The van der Waals surface area contributed by atoms with E-state index in [4.69, 9.17) is 4.42 Å². The summed E-state index contributed by atoms with van der Waals surface area (Å²) < 4.78 is 6.49. The number of para-hydroxylation sites is 2. The molecule has 0 spiro atoms.